The topological polar surface area (TPSA) is 80.9 Å². The highest BCUT2D eigenvalue weighted by Crippen LogP contribution is 2.39. The number of furan rings is 1. The molecule has 0 fully saturated rings. The minimum atomic E-state index is -0.370. The van der Waals surface area contributed by atoms with Crippen molar-refractivity contribution in [2.75, 3.05) is 5.32 Å². The van der Waals surface area contributed by atoms with Crippen molar-refractivity contribution < 1.29 is 9.21 Å². The maximum Gasteiger partial charge on any atom is 0.260 e. The van der Waals surface area contributed by atoms with Gasteiger partial charge in [-0.15, -0.1) is 0 Å². The third-order valence-corrected chi connectivity index (χ3v) is 4.57. The van der Waals surface area contributed by atoms with E-state index >= 15 is 0 Å². The smallest absolute Gasteiger partial charge is 0.260 e. The molecule has 3 heterocycles. The van der Waals surface area contributed by atoms with Crippen molar-refractivity contribution in [3.8, 4) is 11.1 Å². The summed E-state index contributed by atoms with van der Waals surface area (Å²) in [4.78, 5) is 25.6. The van der Waals surface area contributed by atoms with Gasteiger partial charge in [-0.25, -0.2) is 15.0 Å². The van der Waals surface area contributed by atoms with E-state index in [0.717, 1.165) is 0 Å². The number of nitrogens with zero attached hydrogens (tertiary/aromatic N) is 3. The average Bonchev–Trinajstić information content (AvgIpc) is 3.17. The number of benzene rings is 1. The maximum atomic E-state index is 12.5. The van der Waals surface area contributed by atoms with E-state index in [4.69, 9.17) is 27.6 Å². The predicted octanol–water partition coefficient (Wildman–Crippen LogP) is 5.15. The molecule has 4 aromatic rings. The lowest BCUT2D eigenvalue weighted by Crippen LogP contribution is -2.13. The van der Waals surface area contributed by atoms with Crippen LogP contribution >= 0.6 is 23.2 Å². The zero-order valence-electron chi connectivity index (χ0n) is 14.0. The molecule has 0 saturated heterocycles. The minimum Gasteiger partial charge on any atom is -0.472 e. The molecule has 3 aromatic heterocycles. The van der Waals surface area contributed by atoms with Gasteiger partial charge in [0.05, 0.1) is 21.9 Å². The number of rotatable bonds is 3. The third kappa shape index (κ3) is 3.37. The van der Waals surface area contributed by atoms with Crippen LogP contribution < -0.4 is 5.32 Å². The Morgan fingerprint density at radius 2 is 1.93 bits per heavy atom. The minimum absolute atomic E-state index is 0.293. The Labute approximate surface area is 164 Å². The normalized spacial score (nSPS) is 10.9. The van der Waals surface area contributed by atoms with Gasteiger partial charge in [-0.05, 0) is 31.2 Å². The number of hydrogen-bond acceptors (Lipinski definition) is 5. The lowest BCUT2D eigenvalue weighted by atomic mass is 10.0. The first kappa shape index (κ1) is 17.5. The molecule has 0 aliphatic rings. The average molecular weight is 399 g/mol. The van der Waals surface area contributed by atoms with Crippen molar-refractivity contribution in [2.45, 2.75) is 6.92 Å². The molecule has 0 saturated carbocycles. The fraction of sp³-hybridized carbons (Fsp3) is 0.0526. The van der Waals surface area contributed by atoms with Gasteiger partial charge in [-0.1, -0.05) is 29.3 Å². The van der Waals surface area contributed by atoms with Crippen molar-refractivity contribution in [3.63, 3.8) is 0 Å². The van der Waals surface area contributed by atoms with Crippen molar-refractivity contribution in [2.24, 2.45) is 0 Å². The first-order valence-electron chi connectivity index (χ1n) is 7.95. The molecular weight excluding hydrogens is 387 g/mol. The number of aryl methyl sites for hydroxylation is 1. The van der Waals surface area contributed by atoms with Crippen LogP contribution in [0.5, 0.6) is 0 Å². The van der Waals surface area contributed by atoms with E-state index in [1.165, 1.54) is 12.5 Å². The van der Waals surface area contributed by atoms with Crippen LogP contribution in [0, 0.1) is 6.92 Å². The standard InChI is InChI=1S/C19H12Cl2N4O2/c1-10-22-8-12-7-13(16-14(20)3-2-4-15(16)21)18(24-17(12)23-10)25-19(26)11-5-6-27-9-11/h2-9H,1H3,(H,22,23,24,25,26). The molecule has 0 atom stereocenters. The second-order valence-corrected chi connectivity index (χ2v) is 6.59. The number of carbonyl (C=O) groups excluding carboxylic acids is 1. The largest absolute Gasteiger partial charge is 0.472 e. The number of nitrogens with one attached hydrogen (secondary N) is 1. The Morgan fingerprint density at radius 3 is 2.63 bits per heavy atom. The van der Waals surface area contributed by atoms with Gasteiger partial charge in [-0.3, -0.25) is 4.79 Å². The molecule has 6 nitrogen and oxygen atoms in total. The summed E-state index contributed by atoms with van der Waals surface area (Å²) in [7, 11) is 0. The quantitative estimate of drug-likeness (QED) is 0.515. The van der Waals surface area contributed by atoms with Crippen LogP contribution in [0.25, 0.3) is 22.2 Å². The number of carbonyl (C=O) groups is 1. The van der Waals surface area contributed by atoms with Crippen LogP contribution in [0.4, 0.5) is 5.82 Å². The Balaban J connectivity index is 1.92. The van der Waals surface area contributed by atoms with Crippen LogP contribution in [0.2, 0.25) is 10.0 Å². The van der Waals surface area contributed by atoms with Gasteiger partial charge in [0, 0.05) is 22.7 Å². The third-order valence-electron chi connectivity index (χ3n) is 3.94. The number of halogens is 2. The fourth-order valence-electron chi connectivity index (χ4n) is 2.66. The molecule has 0 spiro atoms. The molecule has 0 aliphatic heterocycles. The van der Waals surface area contributed by atoms with Crippen molar-refractivity contribution in [1.29, 1.82) is 0 Å². The molecule has 8 heteroatoms. The van der Waals surface area contributed by atoms with E-state index in [1.54, 1.807) is 43.5 Å². The molecule has 0 aliphatic carbocycles. The Kier molecular flexibility index (Phi) is 4.51. The summed E-state index contributed by atoms with van der Waals surface area (Å²) in [5.74, 6) is 0.498. The van der Waals surface area contributed by atoms with Crippen LogP contribution in [0.1, 0.15) is 16.2 Å². The van der Waals surface area contributed by atoms with Gasteiger partial charge >= 0.3 is 0 Å². The molecule has 1 aromatic carbocycles. The monoisotopic (exact) mass is 398 g/mol. The van der Waals surface area contributed by atoms with Gasteiger partial charge in [0.2, 0.25) is 0 Å². The Hall–Kier alpha value is -2.96. The highest BCUT2D eigenvalue weighted by Gasteiger charge is 2.18. The predicted molar refractivity (Wildman–Crippen MR) is 104 cm³/mol. The molecule has 0 unspecified atom stereocenters. The van der Waals surface area contributed by atoms with Crippen LogP contribution in [0.15, 0.2) is 53.5 Å². The van der Waals surface area contributed by atoms with E-state index in [-0.39, 0.29) is 5.91 Å². The zero-order chi connectivity index (χ0) is 19.0. The number of amides is 1. The summed E-state index contributed by atoms with van der Waals surface area (Å²) in [6, 6.07) is 8.56. The van der Waals surface area contributed by atoms with Gasteiger partial charge < -0.3 is 9.73 Å². The fourth-order valence-corrected chi connectivity index (χ4v) is 3.26. The molecule has 134 valence electrons. The maximum absolute atomic E-state index is 12.5. The van der Waals surface area contributed by atoms with Gasteiger partial charge in [0.25, 0.3) is 5.91 Å². The molecular formula is C19H12Cl2N4O2. The first-order valence-corrected chi connectivity index (χ1v) is 8.71. The number of fused-ring (bicyclic) bond motifs is 1. The molecule has 1 N–H and O–H groups in total. The highest BCUT2D eigenvalue weighted by molar-refractivity contribution is 6.39. The van der Waals surface area contributed by atoms with Crippen molar-refractivity contribution >= 4 is 46.0 Å². The van der Waals surface area contributed by atoms with Crippen molar-refractivity contribution in [1.82, 2.24) is 15.0 Å². The van der Waals surface area contributed by atoms with Gasteiger partial charge in [-0.2, -0.15) is 0 Å². The Morgan fingerprint density at radius 1 is 1.15 bits per heavy atom. The number of aromatic nitrogens is 3. The molecule has 0 radical (unpaired) electrons. The second-order valence-electron chi connectivity index (χ2n) is 5.78. The molecule has 0 bridgehead atoms. The molecule has 27 heavy (non-hydrogen) atoms. The van der Waals surface area contributed by atoms with Crippen LogP contribution in [-0.2, 0) is 0 Å². The Bertz CT molecular complexity index is 1140. The van der Waals surface area contributed by atoms with Crippen LogP contribution in [0.3, 0.4) is 0 Å². The number of hydrogen-bond donors (Lipinski definition) is 1. The first-order chi connectivity index (χ1) is 13.0. The van der Waals surface area contributed by atoms with E-state index < -0.39 is 0 Å². The summed E-state index contributed by atoms with van der Waals surface area (Å²) in [6.07, 6.45) is 4.44. The van der Waals surface area contributed by atoms with Gasteiger partial charge in [0.1, 0.15) is 17.9 Å². The summed E-state index contributed by atoms with van der Waals surface area (Å²) < 4.78 is 4.97. The second kappa shape index (κ2) is 6.98. The van der Waals surface area contributed by atoms with Gasteiger partial charge in [0.15, 0.2) is 5.65 Å². The van der Waals surface area contributed by atoms with E-state index in [9.17, 15) is 4.79 Å². The SMILES string of the molecule is Cc1ncc2cc(-c3c(Cl)cccc3Cl)c(NC(=O)c3ccoc3)nc2n1. The van der Waals surface area contributed by atoms with E-state index in [0.29, 0.717) is 49.4 Å². The molecule has 1 amide bonds. The van der Waals surface area contributed by atoms with E-state index in [2.05, 4.69) is 20.3 Å². The molecule has 4 rings (SSSR count). The lowest BCUT2D eigenvalue weighted by molar-refractivity contribution is 0.102. The highest BCUT2D eigenvalue weighted by atomic mass is 35.5. The van der Waals surface area contributed by atoms with Crippen LogP contribution in [-0.4, -0.2) is 20.9 Å². The zero-order valence-corrected chi connectivity index (χ0v) is 15.5. The summed E-state index contributed by atoms with van der Waals surface area (Å²) in [5, 5.41) is 4.37. The summed E-state index contributed by atoms with van der Waals surface area (Å²) in [5.41, 5.74) is 1.96. The van der Waals surface area contributed by atoms with Crippen molar-refractivity contribution in [3.05, 3.63) is 70.5 Å². The number of anilines is 1. The lowest BCUT2D eigenvalue weighted by Gasteiger charge is -2.14. The summed E-state index contributed by atoms with van der Waals surface area (Å²) in [6.45, 7) is 1.77. The summed E-state index contributed by atoms with van der Waals surface area (Å²) >= 11 is 12.8. The van der Waals surface area contributed by atoms with E-state index in [1.807, 2.05) is 0 Å². The number of pyridine rings is 1.